The first kappa shape index (κ1) is 15.9. The van der Waals surface area contributed by atoms with Crippen LogP contribution in [0.25, 0.3) is 0 Å². The van der Waals surface area contributed by atoms with Gasteiger partial charge in [-0.05, 0) is 18.8 Å². The topological polar surface area (TPSA) is 52.6 Å². The second-order valence-electron chi connectivity index (χ2n) is 4.27. The van der Waals surface area contributed by atoms with Gasteiger partial charge < -0.3 is 9.47 Å². The van der Waals surface area contributed by atoms with E-state index in [0.29, 0.717) is 32.0 Å². The highest BCUT2D eigenvalue weighted by Crippen LogP contribution is 2.04. The first-order chi connectivity index (χ1) is 8.10. The van der Waals surface area contributed by atoms with Crippen molar-refractivity contribution in [3.05, 3.63) is 0 Å². The fraction of sp³-hybridized carbons (Fsp3) is 0.846. The summed E-state index contributed by atoms with van der Waals surface area (Å²) in [5.74, 6) is -0.0661. The van der Waals surface area contributed by atoms with Crippen molar-refractivity contribution in [3.63, 3.8) is 0 Å². The number of esters is 2. The molecular formula is C13H24O4. The predicted molar refractivity (Wildman–Crippen MR) is 65.5 cm³/mol. The lowest BCUT2D eigenvalue weighted by Crippen LogP contribution is -2.12. The van der Waals surface area contributed by atoms with Crippen LogP contribution in [0.4, 0.5) is 0 Å². The first-order valence-electron chi connectivity index (χ1n) is 6.41. The molecule has 0 spiro atoms. The van der Waals surface area contributed by atoms with Gasteiger partial charge in [0.1, 0.15) is 0 Å². The molecule has 4 heteroatoms. The van der Waals surface area contributed by atoms with Crippen molar-refractivity contribution in [1.29, 1.82) is 0 Å². The number of ether oxygens (including phenoxy) is 2. The van der Waals surface area contributed by atoms with E-state index in [2.05, 4.69) is 6.92 Å². The van der Waals surface area contributed by atoms with Gasteiger partial charge in [0.2, 0.25) is 0 Å². The van der Waals surface area contributed by atoms with E-state index in [0.717, 1.165) is 12.8 Å². The summed E-state index contributed by atoms with van der Waals surface area (Å²) in [6.07, 6.45) is 2.90. The van der Waals surface area contributed by atoms with Crippen molar-refractivity contribution in [3.8, 4) is 0 Å². The molecule has 0 aliphatic heterocycles. The molecule has 0 aromatic rings. The lowest BCUT2D eigenvalue weighted by Gasteiger charge is -2.09. The summed E-state index contributed by atoms with van der Waals surface area (Å²) in [4.78, 5) is 22.4. The van der Waals surface area contributed by atoms with Crippen LogP contribution in [0.1, 0.15) is 52.9 Å². The Morgan fingerprint density at radius 3 is 2.18 bits per heavy atom. The molecule has 0 aliphatic carbocycles. The van der Waals surface area contributed by atoms with Gasteiger partial charge >= 0.3 is 11.9 Å². The summed E-state index contributed by atoms with van der Waals surface area (Å²) < 4.78 is 9.96. The number of hydrogen-bond donors (Lipinski definition) is 0. The maximum absolute atomic E-state index is 11.3. The molecule has 0 rings (SSSR count). The van der Waals surface area contributed by atoms with Crippen LogP contribution >= 0.6 is 0 Å². The standard InChI is InChI=1S/C13H24O4/c1-4-9-16-12(14)7-6-8-13(15)17-10-11(3)5-2/h11H,4-10H2,1-3H3. The van der Waals surface area contributed by atoms with Gasteiger partial charge in [-0.25, -0.2) is 0 Å². The quantitative estimate of drug-likeness (QED) is 0.585. The van der Waals surface area contributed by atoms with Crippen LogP contribution < -0.4 is 0 Å². The molecule has 0 saturated carbocycles. The molecular weight excluding hydrogens is 220 g/mol. The van der Waals surface area contributed by atoms with Crippen molar-refractivity contribution < 1.29 is 19.1 Å². The van der Waals surface area contributed by atoms with Crippen LogP contribution in [0.5, 0.6) is 0 Å². The zero-order valence-electron chi connectivity index (χ0n) is 11.2. The average Bonchev–Trinajstić information content (AvgIpc) is 2.33. The summed E-state index contributed by atoms with van der Waals surface area (Å²) >= 11 is 0. The molecule has 0 saturated heterocycles. The van der Waals surface area contributed by atoms with Gasteiger partial charge in [-0.2, -0.15) is 0 Å². The Morgan fingerprint density at radius 1 is 1.06 bits per heavy atom. The molecule has 17 heavy (non-hydrogen) atoms. The number of carbonyl (C=O) groups is 2. The molecule has 0 N–H and O–H groups in total. The summed E-state index contributed by atoms with van der Waals surface area (Å²) in [7, 11) is 0. The van der Waals surface area contributed by atoms with Crippen LogP contribution in [0.2, 0.25) is 0 Å². The van der Waals surface area contributed by atoms with Gasteiger partial charge in [-0.3, -0.25) is 9.59 Å². The van der Waals surface area contributed by atoms with Crippen molar-refractivity contribution in [2.75, 3.05) is 13.2 Å². The van der Waals surface area contributed by atoms with Gasteiger partial charge in [0.15, 0.2) is 0 Å². The van der Waals surface area contributed by atoms with Crippen LogP contribution in [-0.2, 0) is 19.1 Å². The Morgan fingerprint density at radius 2 is 1.65 bits per heavy atom. The maximum atomic E-state index is 11.3. The second kappa shape index (κ2) is 10.1. The van der Waals surface area contributed by atoms with E-state index in [9.17, 15) is 9.59 Å². The van der Waals surface area contributed by atoms with Crippen LogP contribution in [0.3, 0.4) is 0 Å². The Labute approximate surface area is 104 Å². The van der Waals surface area contributed by atoms with E-state index in [1.165, 1.54) is 0 Å². The van der Waals surface area contributed by atoms with Crippen molar-refractivity contribution in [2.24, 2.45) is 5.92 Å². The normalized spacial score (nSPS) is 11.9. The molecule has 0 bridgehead atoms. The van der Waals surface area contributed by atoms with Gasteiger partial charge in [0, 0.05) is 12.8 Å². The van der Waals surface area contributed by atoms with Crippen LogP contribution in [0, 0.1) is 5.92 Å². The molecule has 0 aromatic carbocycles. The number of hydrogen-bond acceptors (Lipinski definition) is 4. The zero-order valence-corrected chi connectivity index (χ0v) is 11.2. The Kier molecular flexibility index (Phi) is 9.49. The fourth-order valence-corrected chi connectivity index (χ4v) is 1.09. The minimum atomic E-state index is -0.235. The molecule has 0 radical (unpaired) electrons. The lowest BCUT2D eigenvalue weighted by molar-refractivity contribution is -0.146. The third kappa shape index (κ3) is 9.85. The lowest BCUT2D eigenvalue weighted by atomic mass is 10.1. The Bertz CT molecular complexity index is 225. The largest absolute Gasteiger partial charge is 0.466 e. The molecule has 1 atom stereocenters. The summed E-state index contributed by atoms with van der Waals surface area (Å²) in [6.45, 7) is 6.96. The molecule has 0 aliphatic rings. The van der Waals surface area contributed by atoms with E-state index >= 15 is 0 Å². The molecule has 0 heterocycles. The van der Waals surface area contributed by atoms with Crippen molar-refractivity contribution >= 4 is 11.9 Å². The summed E-state index contributed by atoms with van der Waals surface area (Å²) in [5.41, 5.74) is 0. The number of rotatable bonds is 9. The van der Waals surface area contributed by atoms with Crippen LogP contribution in [0.15, 0.2) is 0 Å². The molecule has 1 unspecified atom stereocenters. The average molecular weight is 244 g/mol. The maximum Gasteiger partial charge on any atom is 0.305 e. The zero-order chi connectivity index (χ0) is 13.1. The van der Waals surface area contributed by atoms with E-state index in [1.54, 1.807) is 0 Å². The highest BCUT2D eigenvalue weighted by Gasteiger charge is 2.08. The molecule has 0 fully saturated rings. The molecule has 4 nitrogen and oxygen atoms in total. The van der Waals surface area contributed by atoms with Gasteiger partial charge in [-0.15, -0.1) is 0 Å². The highest BCUT2D eigenvalue weighted by atomic mass is 16.5. The third-order valence-corrected chi connectivity index (χ3v) is 2.45. The minimum absolute atomic E-state index is 0.228. The van der Waals surface area contributed by atoms with Gasteiger partial charge in [-0.1, -0.05) is 27.2 Å². The van der Waals surface area contributed by atoms with E-state index in [4.69, 9.17) is 9.47 Å². The van der Waals surface area contributed by atoms with E-state index < -0.39 is 0 Å². The highest BCUT2D eigenvalue weighted by molar-refractivity contribution is 5.72. The number of carbonyl (C=O) groups excluding carboxylic acids is 2. The fourth-order valence-electron chi connectivity index (χ4n) is 1.09. The molecule has 100 valence electrons. The van der Waals surface area contributed by atoms with E-state index in [-0.39, 0.29) is 18.4 Å². The minimum Gasteiger partial charge on any atom is -0.466 e. The predicted octanol–water partition coefficient (Wildman–Crippen LogP) is 2.70. The molecule has 0 aromatic heterocycles. The van der Waals surface area contributed by atoms with Crippen molar-refractivity contribution in [1.82, 2.24) is 0 Å². The van der Waals surface area contributed by atoms with Gasteiger partial charge in [0.05, 0.1) is 13.2 Å². The first-order valence-corrected chi connectivity index (χ1v) is 6.41. The molecule has 0 amide bonds. The summed E-state index contributed by atoms with van der Waals surface area (Å²) in [5, 5.41) is 0. The van der Waals surface area contributed by atoms with Crippen molar-refractivity contribution in [2.45, 2.75) is 52.9 Å². The summed E-state index contributed by atoms with van der Waals surface area (Å²) in [6, 6.07) is 0. The Balaban J connectivity index is 3.47. The monoisotopic (exact) mass is 244 g/mol. The third-order valence-electron chi connectivity index (χ3n) is 2.45. The second-order valence-corrected chi connectivity index (χ2v) is 4.27. The van der Waals surface area contributed by atoms with E-state index in [1.807, 2.05) is 13.8 Å². The SMILES string of the molecule is CCCOC(=O)CCCC(=O)OCC(C)CC. The smallest absolute Gasteiger partial charge is 0.305 e. The van der Waals surface area contributed by atoms with Crippen LogP contribution in [-0.4, -0.2) is 25.2 Å². The van der Waals surface area contributed by atoms with Gasteiger partial charge in [0.25, 0.3) is 0 Å². The Hall–Kier alpha value is -1.06.